The first-order valence-corrected chi connectivity index (χ1v) is 6.74. The molecule has 0 aliphatic carbocycles. The zero-order valence-corrected chi connectivity index (χ0v) is 12.5. The van der Waals surface area contributed by atoms with Gasteiger partial charge in [0, 0.05) is 5.69 Å². The number of benzene rings is 1. The molecule has 0 heterocycles. The van der Waals surface area contributed by atoms with E-state index in [9.17, 15) is 4.79 Å². The Kier molecular flexibility index (Phi) is 5.13. The molecule has 1 aromatic carbocycles. The molecule has 5 heteroatoms. The number of hydrogen-bond donors (Lipinski definition) is 3. The summed E-state index contributed by atoms with van der Waals surface area (Å²) in [4.78, 5) is 12.4. The summed E-state index contributed by atoms with van der Waals surface area (Å²) in [5, 5.41) is 14.6. The van der Waals surface area contributed by atoms with Crippen LogP contribution in [0.4, 0.5) is 5.69 Å². The zero-order chi connectivity index (χ0) is 15.3. The number of amides is 1. The number of carbonyl (C=O) groups excluding carboxylic acids is 1. The highest BCUT2D eigenvalue weighted by Gasteiger charge is 2.36. The smallest absolute Gasteiger partial charge is 0.238 e. The fourth-order valence-electron chi connectivity index (χ4n) is 1.81. The number of hydrogen-bond acceptors (Lipinski definition) is 3. The third-order valence-electron chi connectivity index (χ3n) is 3.69. The molecule has 1 aromatic rings. The molecule has 110 valence electrons. The third-order valence-corrected chi connectivity index (χ3v) is 3.69. The minimum atomic E-state index is -1.03. The predicted octanol–water partition coefficient (Wildman–Crippen LogP) is 2.91. The normalized spacial score (nSPS) is 14.9. The van der Waals surface area contributed by atoms with E-state index in [1.54, 1.807) is 6.92 Å². The molecule has 0 saturated heterocycles. The van der Waals surface area contributed by atoms with E-state index < -0.39 is 5.41 Å². The highest BCUT2D eigenvalue weighted by Crippen LogP contribution is 2.25. The summed E-state index contributed by atoms with van der Waals surface area (Å²) in [6.07, 6.45) is 0.443. The van der Waals surface area contributed by atoms with Crippen molar-refractivity contribution in [3.63, 3.8) is 0 Å². The average molecular weight is 277 g/mol. The molecule has 0 bridgehead atoms. The fraction of sp³-hybridized carbons (Fsp3) is 0.467. The van der Waals surface area contributed by atoms with Gasteiger partial charge in [-0.1, -0.05) is 38.1 Å². The first-order chi connectivity index (χ1) is 9.35. The predicted molar refractivity (Wildman–Crippen MR) is 81.0 cm³/mol. The molecule has 0 radical (unpaired) electrons. The number of carbonyl (C=O) groups is 1. The van der Waals surface area contributed by atoms with Crippen LogP contribution in [-0.4, -0.2) is 17.0 Å². The quantitative estimate of drug-likeness (QED) is 0.334. The largest absolute Gasteiger partial charge is 0.409 e. The van der Waals surface area contributed by atoms with Crippen LogP contribution in [0.1, 0.15) is 45.6 Å². The Morgan fingerprint density at radius 3 is 2.65 bits per heavy atom. The molecule has 1 amide bonds. The van der Waals surface area contributed by atoms with Gasteiger partial charge in [-0.05, 0) is 37.0 Å². The van der Waals surface area contributed by atoms with Crippen molar-refractivity contribution >= 4 is 17.4 Å². The number of anilines is 1. The molecule has 0 aliphatic heterocycles. The Bertz CT molecular complexity index is 512. The molecule has 0 spiro atoms. The Balaban J connectivity index is 2.98. The fourth-order valence-corrected chi connectivity index (χ4v) is 1.81. The molecule has 4 N–H and O–H groups in total. The molecular weight excluding hydrogens is 254 g/mol. The summed E-state index contributed by atoms with van der Waals surface area (Å²) in [6, 6.07) is 7.68. The summed E-state index contributed by atoms with van der Waals surface area (Å²) in [6.45, 7) is 7.66. The maximum Gasteiger partial charge on any atom is 0.238 e. The van der Waals surface area contributed by atoms with Crippen LogP contribution in [0.3, 0.4) is 0 Å². The van der Waals surface area contributed by atoms with E-state index in [-0.39, 0.29) is 11.7 Å². The van der Waals surface area contributed by atoms with Gasteiger partial charge in [-0.15, -0.1) is 0 Å². The van der Waals surface area contributed by atoms with Gasteiger partial charge in [0.15, 0.2) is 5.84 Å². The maximum atomic E-state index is 12.4. The summed E-state index contributed by atoms with van der Waals surface area (Å²) in [5.74, 6) is 0.0159. The second-order valence-corrected chi connectivity index (χ2v) is 5.41. The summed E-state index contributed by atoms with van der Waals surface area (Å²) in [5.41, 5.74) is 6.47. The van der Waals surface area contributed by atoms with Crippen LogP contribution in [0.5, 0.6) is 0 Å². The third kappa shape index (κ3) is 3.29. The van der Waals surface area contributed by atoms with Crippen LogP contribution in [0, 0.1) is 5.41 Å². The number of oxime groups is 1. The topological polar surface area (TPSA) is 87.7 Å². The minimum absolute atomic E-state index is 0.0856. The van der Waals surface area contributed by atoms with E-state index >= 15 is 0 Å². The monoisotopic (exact) mass is 277 g/mol. The first-order valence-electron chi connectivity index (χ1n) is 6.74. The lowest BCUT2D eigenvalue weighted by Crippen LogP contribution is -2.44. The highest BCUT2D eigenvalue weighted by atomic mass is 16.4. The zero-order valence-electron chi connectivity index (χ0n) is 12.5. The molecular formula is C15H23N3O2. The standard InChI is InChI=1S/C15H23N3O2/c1-5-15(4,13(16)18-20)14(19)17-12-8-6-7-11(9-12)10(2)3/h6-10,20H,5H2,1-4H3,(H2,16,18)(H,17,19). The molecule has 1 unspecified atom stereocenters. The van der Waals surface area contributed by atoms with E-state index in [2.05, 4.69) is 24.3 Å². The van der Waals surface area contributed by atoms with Crippen LogP contribution in [0.25, 0.3) is 0 Å². The number of rotatable bonds is 5. The number of nitrogens with zero attached hydrogens (tertiary/aromatic N) is 1. The van der Waals surface area contributed by atoms with Crippen molar-refractivity contribution < 1.29 is 10.0 Å². The van der Waals surface area contributed by atoms with E-state index in [4.69, 9.17) is 10.9 Å². The maximum absolute atomic E-state index is 12.4. The van der Waals surface area contributed by atoms with E-state index in [0.717, 1.165) is 5.56 Å². The molecule has 1 atom stereocenters. The summed E-state index contributed by atoms with van der Waals surface area (Å²) < 4.78 is 0. The van der Waals surface area contributed by atoms with Gasteiger partial charge in [0.05, 0.1) is 0 Å². The number of nitrogens with two attached hydrogens (primary N) is 1. The van der Waals surface area contributed by atoms with Crippen molar-refractivity contribution in [1.29, 1.82) is 0 Å². The van der Waals surface area contributed by atoms with Crippen molar-refractivity contribution in [3.8, 4) is 0 Å². The average Bonchev–Trinajstić information content (AvgIpc) is 2.45. The Labute approximate surface area is 119 Å². The SMILES string of the molecule is CCC(C)(C(=O)Nc1cccc(C(C)C)c1)/C(N)=N/O. The molecule has 5 nitrogen and oxygen atoms in total. The second kappa shape index (κ2) is 6.41. The van der Waals surface area contributed by atoms with Crippen LogP contribution >= 0.6 is 0 Å². The minimum Gasteiger partial charge on any atom is -0.409 e. The van der Waals surface area contributed by atoms with Crippen LogP contribution in [-0.2, 0) is 4.79 Å². The lowest BCUT2D eigenvalue weighted by Gasteiger charge is -2.25. The molecule has 20 heavy (non-hydrogen) atoms. The molecule has 0 aliphatic rings. The van der Waals surface area contributed by atoms with Crippen LogP contribution < -0.4 is 11.1 Å². The van der Waals surface area contributed by atoms with Gasteiger partial charge in [0.2, 0.25) is 5.91 Å². The first kappa shape index (κ1) is 16.0. The summed E-state index contributed by atoms with van der Waals surface area (Å²) >= 11 is 0. The summed E-state index contributed by atoms with van der Waals surface area (Å²) in [7, 11) is 0. The van der Waals surface area contributed by atoms with Crippen molar-refractivity contribution in [2.75, 3.05) is 5.32 Å². The Morgan fingerprint density at radius 2 is 2.15 bits per heavy atom. The van der Waals surface area contributed by atoms with Gasteiger partial charge in [-0.3, -0.25) is 4.79 Å². The number of amidine groups is 1. The van der Waals surface area contributed by atoms with Crippen molar-refractivity contribution in [2.45, 2.75) is 40.0 Å². The van der Waals surface area contributed by atoms with Gasteiger partial charge in [-0.25, -0.2) is 0 Å². The van der Waals surface area contributed by atoms with Crippen molar-refractivity contribution in [2.24, 2.45) is 16.3 Å². The van der Waals surface area contributed by atoms with E-state index in [1.165, 1.54) is 0 Å². The molecule has 0 saturated carbocycles. The molecule has 1 rings (SSSR count). The highest BCUT2D eigenvalue weighted by molar-refractivity contribution is 6.11. The Morgan fingerprint density at radius 1 is 1.50 bits per heavy atom. The van der Waals surface area contributed by atoms with E-state index in [0.29, 0.717) is 18.0 Å². The Hall–Kier alpha value is -2.04. The van der Waals surface area contributed by atoms with Crippen LogP contribution in [0.15, 0.2) is 29.4 Å². The molecule has 0 fully saturated rings. The van der Waals surface area contributed by atoms with Gasteiger partial charge in [-0.2, -0.15) is 0 Å². The lowest BCUT2D eigenvalue weighted by atomic mass is 9.85. The van der Waals surface area contributed by atoms with Crippen molar-refractivity contribution in [1.82, 2.24) is 0 Å². The van der Waals surface area contributed by atoms with E-state index in [1.807, 2.05) is 31.2 Å². The van der Waals surface area contributed by atoms with Gasteiger partial charge < -0.3 is 16.3 Å². The van der Waals surface area contributed by atoms with Gasteiger partial charge in [0.1, 0.15) is 5.41 Å². The van der Waals surface area contributed by atoms with Gasteiger partial charge >= 0.3 is 0 Å². The lowest BCUT2D eigenvalue weighted by molar-refractivity contribution is -0.121. The van der Waals surface area contributed by atoms with Gasteiger partial charge in [0.25, 0.3) is 0 Å². The number of nitrogens with one attached hydrogen (secondary N) is 1. The van der Waals surface area contributed by atoms with Crippen LogP contribution in [0.2, 0.25) is 0 Å². The van der Waals surface area contributed by atoms with Crippen molar-refractivity contribution in [3.05, 3.63) is 29.8 Å². The second-order valence-electron chi connectivity index (χ2n) is 5.41. The molecule has 0 aromatic heterocycles.